The Kier molecular flexibility index (Phi) is 3.91. The predicted molar refractivity (Wildman–Crippen MR) is 76.1 cm³/mol. The normalized spacial score (nSPS) is 11.3. The van der Waals surface area contributed by atoms with E-state index in [1.54, 1.807) is 18.2 Å². The lowest BCUT2D eigenvalue weighted by Gasteiger charge is -2.10. The molecule has 0 aliphatic rings. The van der Waals surface area contributed by atoms with Gasteiger partial charge in [-0.1, -0.05) is 23.8 Å². The predicted octanol–water partition coefficient (Wildman–Crippen LogP) is 3.70. The van der Waals surface area contributed by atoms with E-state index < -0.39 is 15.8 Å². The molecule has 0 fully saturated rings. The Hall–Kier alpha value is -1.40. The van der Waals surface area contributed by atoms with Crippen LogP contribution in [0.4, 0.5) is 10.1 Å². The molecule has 0 heterocycles. The summed E-state index contributed by atoms with van der Waals surface area (Å²) in [6.45, 7) is 1.86. The molecule has 0 unspecified atom stereocenters. The van der Waals surface area contributed by atoms with Crippen LogP contribution in [0, 0.1) is 12.7 Å². The number of hydrogen-bond acceptors (Lipinski definition) is 2. The van der Waals surface area contributed by atoms with Crippen LogP contribution in [-0.2, 0) is 10.0 Å². The molecule has 0 aliphatic heterocycles. The second-order valence-electron chi connectivity index (χ2n) is 4.02. The van der Waals surface area contributed by atoms with Crippen molar-refractivity contribution >= 4 is 31.6 Å². The molecule has 0 amide bonds. The lowest BCUT2D eigenvalue weighted by atomic mass is 10.2. The minimum absolute atomic E-state index is 0.0910. The van der Waals surface area contributed by atoms with E-state index in [1.165, 1.54) is 24.3 Å². The fraction of sp³-hybridized carbons (Fsp3) is 0.0769. The first-order chi connectivity index (χ1) is 8.90. The Morgan fingerprint density at radius 1 is 1.11 bits per heavy atom. The Morgan fingerprint density at radius 3 is 2.32 bits per heavy atom. The Bertz CT molecular complexity index is 679. The number of rotatable bonds is 3. The van der Waals surface area contributed by atoms with Crippen LogP contribution in [-0.4, -0.2) is 8.42 Å². The van der Waals surface area contributed by atoms with Gasteiger partial charge in [0.15, 0.2) is 0 Å². The first-order valence-corrected chi connectivity index (χ1v) is 7.71. The standard InChI is InChI=1S/C13H11BrFNO2S/c1-9-5-7-10(8-6-9)19(17,18)16-13-11(14)3-2-4-12(13)15/h2-8,16H,1H3. The van der Waals surface area contributed by atoms with E-state index in [2.05, 4.69) is 20.7 Å². The van der Waals surface area contributed by atoms with Crippen molar-refractivity contribution in [3.05, 3.63) is 58.3 Å². The highest BCUT2D eigenvalue weighted by atomic mass is 79.9. The number of halogens is 2. The molecule has 1 N–H and O–H groups in total. The van der Waals surface area contributed by atoms with E-state index in [0.717, 1.165) is 5.56 Å². The van der Waals surface area contributed by atoms with E-state index >= 15 is 0 Å². The Labute approximate surface area is 119 Å². The minimum atomic E-state index is -3.80. The van der Waals surface area contributed by atoms with Crippen LogP contribution in [0.15, 0.2) is 51.8 Å². The maximum absolute atomic E-state index is 13.6. The summed E-state index contributed by atoms with van der Waals surface area (Å²) in [6.07, 6.45) is 0. The largest absolute Gasteiger partial charge is 0.275 e. The van der Waals surface area contributed by atoms with Gasteiger partial charge in [-0.2, -0.15) is 0 Å². The molecule has 0 saturated carbocycles. The summed E-state index contributed by atoms with van der Waals surface area (Å²) in [5, 5.41) is 0. The van der Waals surface area contributed by atoms with E-state index in [-0.39, 0.29) is 10.6 Å². The summed E-state index contributed by atoms with van der Waals surface area (Å²) in [5.41, 5.74) is 0.856. The van der Waals surface area contributed by atoms with E-state index in [9.17, 15) is 12.8 Å². The number of anilines is 1. The molecule has 0 aromatic heterocycles. The number of nitrogens with one attached hydrogen (secondary N) is 1. The molecule has 2 aromatic rings. The summed E-state index contributed by atoms with van der Waals surface area (Å²) < 4.78 is 40.4. The van der Waals surface area contributed by atoms with Gasteiger partial charge >= 0.3 is 0 Å². The van der Waals surface area contributed by atoms with Crippen molar-refractivity contribution in [2.24, 2.45) is 0 Å². The van der Waals surface area contributed by atoms with Gasteiger partial charge in [-0.25, -0.2) is 12.8 Å². The van der Waals surface area contributed by atoms with E-state index in [0.29, 0.717) is 4.47 Å². The molecule has 2 aromatic carbocycles. The number of aryl methyl sites for hydroxylation is 1. The third-order valence-corrected chi connectivity index (χ3v) is 4.56. The molecule has 0 atom stereocenters. The SMILES string of the molecule is Cc1ccc(S(=O)(=O)Nc2c(F)cccc2Br)cc1. The second-order valence-corrected chi connectivity index (χ2v) is 6.55. The maximum Gasteiger partial charge on any atom is 0.262 e. The summed E-state index contributed by atoms with van der Waals surface area (Å²) in [7, 11) is -3.80. The summed E-state index contributed by atoms with van der Waals surface area (Å²) in [4.78, 5) is 0.0910. The Balaban J connectivity index is 2.39. The number of sulfonamides is 1. The quantitative estimate of drug-likeness (QED) is 0.923. The van der Waals surface area contributed by atoms with Crippen LogP contribution >= 0.6 is 15.9 Å². The monoisotopic (exact) mass is 343 g/mol. The molecule has 3 nitrogen and oxygen atoms in total. The summed E-state index contributed by atoms with van der Waals surface area (Å²) in [5.74, 6) is -0.634. The first-order valence-electron chi connectivity index (χ1n) is 5.43. The van der Waals surface area contributed by atoms with Crippen molar-refractivity contribution in [3.8, 4) is 0 Å². The molecule has 0 radical (unpaired) electrons. The average molecular weight is 344 g/mol. The summed E-state index contributed by atoms with van der Waals surface area (Å²) >= 11 is 3.12. The van der Waals surface area contributed by atoms with Crippen molar-refractivity contribution in [2.75, 3.05) is 4.72 Å². The fourth-order valence-corrected chi connectivity index (χ4v) is 3.17. The maximum atomic E-state index is 13.6. The van der Waals surface area contributed by atoms with Gasteiger partial charge in [0, 0.05) is 4.47 Å². The topological polar surface area (TPSA) is 46.2 Å². The van der Waals surface area contributed by atoms with Gasteiger partial charge in [0.05, 0.1) is 10.6 Å². The van der Waals surface area contributed by atoms with Gasteiger partial charge in [-0.15, -0.1) is 0 Å². The molecule has 6 heteroatoms. The average Bonchev–Trinajstić information content (AvgIpc) is 2.35. The van der Waals surface area contributed by atoms with Crippen LogP contribution in [0.25, 0.3) is 0 Å². The molecular formula is C13H11BrFNO2S. The second kappa shape index (κ2) is 5.30. The first kappa shape index (κ1) is 14.0. The van der Waals surface area contributed by atoms with E-state index in [1.807, 2.05) is 6.92 Å². The molecule has 19 heavy (non-hydrogen) atoms. The number of benzene rings is 2. The molecule has 2 rings (SSSR count). The third-order valence-electron chi connectivity index (χ3n) is 2.53. The number of para-hydroxylation sites is 1. The highest BCUT2D eigenvalue weighted by molar-refractivity contribution is 9.10. The van der Waals surface area contributed by atoms with Gasteiger partial charge in [0.2, 0.25) is 0 Å². The van der Waals surface area contributed by atoms with Gasteiger partial charge < -0.3 is 0 Å². The molecule has 0 aliphatic carbocycles. The molecule has 0 spiro atoms. The van der Waals surface area contributed by atoms with Crippen molar-refractivity contribution in [1.29, 1.82) is 0 Å². The van der Waals surface area contributed by atoms with Gasteiger partial charge in [0.25, 0.3) is 10.0 Å². The zero-order chi connectivity index (χ0) is 14.0. The minimum Gasteiger partial charge on any atom is -0.275 e. The zero-order valence-electron chi connectivity index (χ0n) is 10.0. The molecule has 0 saturated heterocycles. The van der Waals surface area contributed by atoms with Crippen LogP contribution < -0.4 is 4.72 Å². The smallest absolute Gasteiger partial charge is 0.262 e. The highest BCUT2D eigenvalue weighted by Crippen LogP contribution is 2.27. The van der Waals surface area contributed by atoms with E-state index in [4.69, 9.17) is 0 Å². The lowest BCUT2D eigenvalue weighted by molar-refractivity contribution is 0.598. The fourth-order valence-electron chi connectivity index (χ4n) is 1.51. The van der Waals surface area contributed by atoms with Gasteiger partial charge in [0.1, 0.15) is 5.82 Å². The molecule has 0 bridgehead atoms. The van der Waals surface area contributed by atoms with Crippen molar-refractivity contribution < 1.29 is 12.8 Å². The lowest BCUT2D eigenvalue weighted by Crippen LogP contribution is -2.14. The van der Waals surface area contributed by atoms with Crippen LogP contribution in [0.3, 0.4) is 0 Å². The number of hydrogen-bond donors (Lipinski definition) is 1. The van der Waals surface area contributed by atoms with Gasteiger partial charge in [-0.3, -0.25) is 4.72 Å². The van der Waals surface area contributed by atoms with Gasteiger partial charge in [-0.05, 0) is 47.1 Å². The van der Waals surface area contributed by atoms with Crippen LogP contribution in [0.5, 0.6) is 0 Å². The van der Waals surface area contributed by atoms with Crippen molar-refractivity contribution in [1.82, 2.24) is 0 Å². The van der Waals surface area contributed by atoms with Crippen LogP contribution in [0.2, 0.25) is 0 Å². The molecule has 100 valence electrons. The Morgan fingerprint density at radius 2 is 1.74 bits per heavy atom. The van der Waals surface area contributed by atoms with Crippen molar-refractivity contribution in [3.63, 3.8) is 0 Å². The summed E-state index contributed by atoms with van der Waals surface area (Å²) in [6, 6.07) is 10.6. The van der Waals surface area contributed by atoms with Crippen LogP contribution in [0.1, 0.15) is 5.56 Å². The third kappa shape index (κ3) is 3.13. The molecular weight excluding hydrogens is 333 g/mol. The zero-order valence-corrected chi connectivity index (χ0v) is 12.4. The highest BCUT2D eigenvalue weighted by Gasteiger charge is 2.17. The van der Waals surface area contributed by atoms with Crippen molar-refractivity contribution in [2.45, 2.75) is 11.8 Å².